The Morgan fingerprint density at radius 1 is 1.39 bits per heavy atom. The molecule has 2 aliphatic rings. The first-order chi connectivity index (χ1) is 13.6. The number of aliphatic imine (C=N–C) groups is 1. The van der Waals surface area contributed by atoms with Gasteiger partial charge in [0.25, 0.3) is 0 Å². The van der Waals surface area contributed by atoms with Gasteiger partial charge in [-0.05, 0) is 43.2 Å². The van der Waals surface area contributed by atoms with Crippen LogP contribution in [0.4, 0.5) is 5.13 Å². The van der Waals surface area contributed by atoms with Gasteiger partial charge in [-0.1, -0.05) is 42.9 Å². The minimum absolute atomic E-state index is 0.277. The molecule has 2 atom stereocenters. The summed E-state index contributed by atoms with van der Waals surface area (Å²) < 4.78 is 1.09. The Labute approximate surface area is 169 Å². The molecule has 6 heteroatoms. The number of rotatable bonds is 5. The molecule has 0 bridgehead atoms. The summed E-state index contributed by atoms with van der Waals surface area (Å²) in [5.41, 5.74) is 11.2. The number of aromatic nitrogens is 1. The molecule has 1 aromatic carbocycles. The van der Waals surface area contributed by atoms with Gasteiger partial charge in [0.15, 0.2) is 5.13 Å². The molecule has 144 valence electrons. The molecule has 0 amide bonds. The first-order valence-electron chi connectivity index (χ1n) is 9.66. The van der Waals surface area contributed by atoms with Crippen molar-refractivity contribution in [2.24, 2.45) is 16.0 Å². The zero-order valence-electron chi connectivity index (χ0n) is 16.5. The average molecular weight is 392 g/mol. The number of benzene rings is 1. The number of hydrazone groups is 1. The number of likely N-dealkylation sites (N-methyl/N-ethyl adjacent to an activating group) is 1. The summed E-state index contributed by atoms with van der Waals surface area (Å²) >= 11 is 1.52. The van der Waals surface area contributed by atoms with Crippen LogP contribution in [-0.2, 0) is 0 Å². The van der Waals surface area contributed by atoms with E-state index in [1.807, 2.05) is 24.3 Å². The molecule has 2 aromatic rings. The Morgan fingerprint density at radius 3 is 3.04 bits per heavy atom. The van der Waals surface area contributed by atoms with Gasteiger partial charge < -0.3 is 5.73 Å². The van der Waals surface area contributed by atoms with Gasteiger partial charge in [0.2, 0.25) is 0 Å². The van der Waals surface area contributed by atoms with E-state index in [1.165, 1.54) is 16.9 Å². The van der Waals surface area contributed by atoms with Crippen molar-refractivity contribution < 1.29 is 0 Å². The molecule has 28 heavy (non-hydrogen) atoms. The third kappa shape index (κ3) is 3.52. The Balaban J connectivity index is 1.77. The summed E-state index contributed by atoms with van der Waals surface area (Å²) in [6, 6.07) is 6.59. The highest BCUT2D eigenvalue weighted by Crippen LogP contribution is 2.29. The Bertz CT molecular complexity index is 1040. The number of thiazole rings is 1. The first-order valence-corrected chi connectivity index (χ1v) is 10.5. The molecule has 4 rings (SSSR count). The van der Waals surface area contributed by atoms with Crippen molar-refractivity contribution in [2.75, 3.05) is 12.8 Å². The minimum Gasteiger partial charge on any atom is -0.375 e. The van der Waals surface area contributed by atoms with E-state index in [-0.39, 0.29) is 5.92 Å². The van der Waals surface area contributed by atoms with Crippen LogP contribution in [-0.4, -0.2) is 35.0 Å². The van der Waals surface area contributed by atoms with E-state index in [0.717, 1.165) is 40.0 Å². The number of allylic oxidation sites excluding steroid dienone is 3. The van der Waals surface area contributed by atoms with Crippen molar-refractivity contribution in [1.29, 1.82) is 0 Å². The minimum atomic E-state index is 0.277. The fourth-order valence-corrected chi connectivity index (χ4v) is 4.50. The zero-order chi connectivity index (χ0) is 19.7. The highest BCUT2D eigenvalue weighted by atomic mass is 32.1. The Kier molecular flexibility index (Phi) is 5.13. The molecule has 1 aromatic heterocycles. The number of hydrogen-bond donors (Lipinski definition) is 1. The summed E-state index contributed by atoms with van der Waals surface area (Å²) in [6.07, 6.45) is 12.7. The number of nitrogens with zero attached hydrogens (tertiary/aromatic N) is 4. The first kappa shape index (κ1) is 18.6. The van der Waals surface area contributed by atoms with Crippen LogP contribution in [0.5, 0.6) is 0 Å². The number of nitrogen functional groups attached to an aromatic ring is 1. The molecule has 1 aliphatic heterocycles. The molecule has 2 N–H and O–H groups in total. The van der Waals surface area contributed by atoms with Crippen molar-refractivity contribution in [3.8, 4) is 0 Å². The maximum Gasteiger partial charge on any atom is 0.181 e. The topological polar surface area (TPSA) is 66.9 Å². The molecule has 0 radical (unpaired) electrons. The molecule has 5 nitrogen and oxygen atoms in total. The van der Waals surface area contributed by atoms with Gasteiger partial charge >= 0.3 is 0 Å². The maximum atomic E-state index is 5.89. The van der Waals surface area contributed by atoms with Gasteiger partial charge in [-0.2, -0.15) is 5.10 Å². The van der Waals surface area contributed by atoms with E-state index in [2.05, 4.69) is 60.4 Å². The van der Waals surface area contributed by atoms with Gasteiger partial charge in [0.1, 0.15) is 0 Å². The number of hydrogen-bond acceptors (Lipinski definition) is 6. The molecule has 1 aliphatic carbocycles. The van der Waals surface area contributed by atoms with Crippen LogP contribution in [0.2, 0.25) is 0 Å². The largest absolute Gasteiger partial charge is 0.375 e. The SMILES string of the molecule is C/C=C(CCC)/C(=N\C1=CC2C=NN(C)C2C=C1)c1ccc2nc(N)sc2c1. The second kappa shape index (κ2) is 7.72. The van der Waals surface area contributed by atoms with E-state index in [9.17, 15) is 0 Å². The molecule has 0 saturated heterocycles. The second-order valence-corrected chi connectivity index (χ2v) is 8.18. The third-order valence-corrected chi connectivity index (χ3v) is 6.01. The predicted octanol–water partition coefficient (Wildman–Crippen LogP) is 4.78. The summed E-state index contributed by atoms with van der Waals surface area (Å²) in [7, 11) is 2.01. The summed E-state index contributed by atoms with van der Waals surface area (Å²) in [4.78, 5) is 9.46. The van der Waals surface area contributed by atoms with Crippen LogP contribution < -0.4 is 5.73 Å². The van der Waals surface area contributed by atoms with Gasteiger partial charge in [-0.25, -0.2) is 9.98 Å². The summed E-state index contributed by atoms with van der Waals surface area (Å²) in [5, 5.41) is 7.00. The molecule has 0 spiro atoms. The van der Waals surface area contributed by atoms with Crippen molar-refractivity contribution in [3.63, 3.8) is 0 Å². The van der Waals surface area contributed by atoms with Gasteiger partial charge in [-0.3, -0.25) is 5.01 Å². The average Bonchev–Trinajstić information content (AvgIpc) is 3.25. The van der Waals surface area contributed by atoms with Gasteiger partial charge in [-0.15, -0.1) is 0 Å². The van der Waals surface area contributed by atoms with E-state index in [4.69, 9.17) is 10.7 Å². The fraction of sp³-hybridized carbons (Fsp3) is 0.318. The molecule has 2 heterocycles. The molecule has 2 unspecified atom stereocenters. The van der Waals surface area contributed by atoms with Crippen molar-refractivity contribution in [2.45, 2.75) is 32.7 Å². The van der Waals surface area contributed by atoms with Crippen molar-refractivity contribution in [3.05, 3.63) is 59.3 Å². The van der Waals surface area contributed by atoms with Gasteiger partial charge in [0.05, 0.1) is 27.7 Å². The van der Waals surface area contributed by atoms with Crippen LogP contribution in [0, 0.1) is 5.92 Å². The summed E-state index contributed by atoms with van der Waals surface area (Å²) in [6.45, 7) is 4.28. The monoisotopic (exact) mass is 391 g/mol. The Hall–Kier alpha value is -2.73. The molecule has 0 saturated carbocycles. The van der Waals surface area contributed by atoms with Crippen LogP contribution in [0.1, 0.15) is 32.3 Å². The Morgan fingerprint density at radius 2 is 2.25 bits per heavy atom. The van der Waals surface area contributed by atoms with Crippen LogP contribution in [0.3, 0.4) is 0 Å². The van der Waals surface area contributed by atoms with E-state index >= 15 is 0 Å². The molecule has 0 fully saturated rings. The highest BCUT2D eigenvalue weighted by Gasteiger charge is 2.27. The van der Waals surface area contributed by atoms with Gasteiger partial charge in [0, 0.05) is 24.7 Å². The number of anilines is 1. The summed E-state index contributed by atoms with van der Waals surface area (Å²) in [5.74, 6) is 0.277. The second-order valence-electron chi connectivity index (χ2n) is 7.12. The van der Waals surface area contributed by atoms with Crippen molar-refractivity contribution >= 4 is 38.6 Å². The predicted molar refractivity (Wildman–Crippen MR) is 120 cm³/mol. The zero-order valence-corrected chi connectivity index (χ0v) is 17.3. The molecular formula is C22H25N5S. The molecular weight excluding hydrogens is 366 g/mol. The smallest absolute Gasteiger partial charge is 0.181 e. The quantitative estimate of drug-likeness (QED) is 0.746. The van der Waals surface area contributed by atoms with Crippen LogP contribution in [0.15, 0.2) is 63.9 Å². The lowest BCUT2D eigenvalue weighted by molar-refractivity contribution is 0.306. The van der Waals surface area contributed by atoms with E-state index in [1.54, 1.807) is 0 Å². The lowest BCUT2D eigenvalue weighted by Gasteiger charge is -2.22. The third-order valence-electron chi connectivity index (χ3n) is 5.17. The fourth-order valence-electron chi connectivity index (χ4n) is 3.72. The van der Waals surface area contributed by atoms with Crippen LogP contribution >= 0.6 is 11.3 Å². The maximum absolute atomic E-state index is 5.89. The van der Waals surface area contributed by atoms with Crippen molar-refractivity contribution in [1.82, 2.24) is 9.99 Å². The number of fused-ring (bicyclic) bond motifs is 2. The lowest BCUT2D eigenvalue weighted by atomic mass is 9.94. The highest BCUT2D eigenvalue weighted by molar-refractivity contribution is 7.22. The standard InChI is InChI=1S/C22H25N5S/c1-4-6-14(5-2)21(15-7-9-18-20(12-15)28-22(23)26-18)25-17-8-10-19-16(11-17)13-24-27(19)3/h5,7-13,16,19H,4,6H2,1-3H3,(H2,23,26)/b14-5+,25-21+. The lowest BCUT2D eigenvalue weighted by Crippen LogP contribution is -2.27. The number of nitrogens with two attached hydrogens (primary N) is 1. The normalized spacial score (nSPS) is 22.1. The van der Waals surface area contributed by atoms with Crippen LogP contribution in [0.25, 0.3) is 10.2 Å². The van der Waals surface area contributed by atoms with E-state index < -0.39 is 0 Å². The van der Waals surface area contributed by atoms with E-state index in [0.29, 0.717) is 11.2 Å².